The van der Waals surface area contributed by atoms with Crippen molar-refractivity contribution >= 4 is 28.9 Å². The van der Waals surface area contributed by atoms with Crippen molar-refractivity contribution in [3.05, 3.63) is 52.6 Å². The molecule has 0 unspecified atom stereocenters. The summed E-state index contributed by atoms with van der Waals surface area (Å²) in [6.45, 7) is 0.225. The normalized spacial score (nSPS) is 10.7. The summed E-state index contributed by atoms with van der Waals surface area (Å²) in [5.74, 6) is -0.315. The van der Waals surface area contributed by atoms with Gasteiger partial charge in [-0.15, -0.1) is 0 Å². The first-order valence-corrected chi connectivity index (χ1v) is 7.46. The van der Waals surface area contributed by atoms with Crippen LogP contribution in [0.5, 0.6) is 0 Å². The summed E-state index contributed by atoms with van der Waals surface area (Å²) in [5.41, 5.74) is 1.24. The molecule has 112 valence electrons. The Morgan fingerprint density at radius 2 is 2.09 bits per heavy atom. The predicted molar refractivity (Wildman–Crippen MR) is 81.5 cm³/mol. The standard InChI is InChI=1S/C14H12N4O3S/c19-10(21-6-9-4-2-1-3-5-9)7-22-14-17-12-11(13(20)18-14)15-8-16-12/h1-5,8H,6-7H2,(H2,15,16,17,18,20). The Morgan fingerprint density at radius 3 is 2.91 bits per heavy atom. The van der Waals surface area contributed by atoms with E-state index in [0.29, 0.717) is 16.3 Å². The molecule has 3 rings (SSSR count). The summed E-state index contributed by atoms with van der Waals surface area (Å²) in [7, 11) is 0. The van der Waals surface area contributed by atoms with Gasteiger partial charge in [0.1, 0.15) is 6.61 Å². The first-order chi connectivity index (χ1) is 10.7. The number of carbonyl (C=O) groups excluding carboxylic acids is 1. The average molecular weight is 316 g/mol. The lowest BCUT2D eigenvalue weighted by atomic mass is 10.2. The highest BCUT2D eigenvalue weighted by Crippen LogP contribution is 2.13. The van der Waals surface area contributed by atoms with E-state index in [0.717, 1.165) is 17.3 Å². The Balaban J connectivity index is 1.57. The van der Waals surface area contributed by atoms with Gasteiger partial charge >= 0.3 is 5.97 Å². The number of fused-ring (bicyclic) bond motifs is 1. The van der Waals surface area contributed by atoms with Crippen molar-refractivity contribution in [2.24, 2.45) is 0 Å². The van der Waals surface area contributed by atoms with Crippen molar-refractivity contribution in [3.8, 4) is 0 Å². The lowest BCUT2D eigenvalue weighted by Gasteiger charge is -2.04. The number of rotatable bonds is 5. The second-order valence-electron chi connectivity index (χ2n) is 4.41. The molecule has 0 fully saturated rings. The van der Waals surface area contributed by atoms with Crippen LogP contribution in [0.3, 0.4) is 0 Å². The van der Waals surface area contributed by atoms with Crippen LogP contribution in [0.4, 0.5) is 0 Å². The molecule has 0 saturated heterocycles. The molecule has 22 heavy (non-hydrogen) atoms. The van der Waals surface area contributed by atoms with Crippen molar-refractivity contribution < 1.29 is 9.53 Å². The number of imidazole rings is 1. The van der Waals surface area contributed by atoms with Gasteiger partial charge in [0.05, 0.1) is 12.1 Å². The predicted octanol–water partition coefficient (Wildman–Crippen LogP) is 1.48. The van der Waals surface area contributed by atoms with Crippen LogP contribution in [0.2, 0.25) is 0 Å². The fourth-order valence-electron chi connectivity index (χ4n) is 1.80. The third kappa shape index (κ3) is 3.34. The molecule has 0 saturated carbocycles. The van der Waals surface area contributed by atoms with E-state index in [-0.39, 0.29) is 23.9 Å². The monoisotopic (exact) mass is 316 g/mol. The second kappa shape index (κ2) is 6.44. The minimum atomic E-state index is -0.376. The fourth-order valence-corrected chi connectivity index (χ4v) is 2.45. The third-order valence-electron chi connectivity index (χ3n) is 2.84. The van der Waals surface area contributed by atoms with E-state index in [1.165, 1.54) is 6.33 Å². The van der Waals surface area contributed by atoms with E-state index in [1.807, 2.05) is 30.3 Å². The van der Waals surface area contributed by atoms with Crippen LogP contribution in [-0.4, -0.2) is 31.7 Å². The Labute approximate surface area is 129 Å². The number of benzene rings is 1. The molecule has 0 aliphatic rings. The molecule has 1 aromatic carbocycles. The largest absolute Gasteiger partial charge is 0.460 e. The van der Waals surface area contributed by atoms with Gasteiger partial charge in [0.2, 0.25) is 0 Å². The summed E-state index contributed by atoms with van der Waals surface area (Å²) < 4.78 is 5.15. The van der Waals surface area contributed by atoms with Gasteiger partial charge in [0, 0.05) is 0 Å². The van der Waals surface area contributed by atoms with E-state index >= 15 is 0 Å². The van der Waals surface area contributed by atoms with E-state index in [9.17, 15) is 9.59 Å². The van der Waals surface area contributed by atoms with Gasteiger partial charge in [-0.3, -0.25) is 14.6 Å². The van der Waals surface area contributed by atoms with Crippen molar-refractivity contribution in [2.45, 2.75) is 11.8 Å². The number of H-pyrrole nitrogens is 2. The molecule has 8 heteroatoms. The van der Waals surface area contributed by atoms with Crippen LogP contribution < -0.4 is 5.56 Å². The smallest absolute Gasteiger partial charge is 0.316 e. The molecule has 0 aliphatic carbocycles. The van der Waals surface area contributed by atoms with Crippen molar-refractivity contribution in [2.75, 3.05) is 5.75 Å². The molecule has 2 N–H and O–H groups in total. The van der Waals surface area contributed by atoms with Gasteiger partial charge in [-0.2, -0.15) is 0 Å². The van der Waals surface area contributed by atoms with E-state index < -0.39 is 0 Å². The van der Waals surface area contributed by atoms with E-state index in [1.54, 1.807) is 0 Å². The van der Waals surface area contributed by atoms with E-state index in [2.05, 4.69) is 19.9 Å². The zero-order valence-corrected chi connectivity index (χ0v) is 12.2. The van der Waals surface area contributed by atoms with Crippen molar-refractivity contribution in [1.29, 1.82) is 0 Å². The number of nitrogens with one attached hydrogen (secondary N) is 2. The minimum Gasteiger partial charge on any atom is -0.460 e. The lowest BCUT2D eigenvalue weighted by Crippen LogP contribution is -2.11. The maximum absolute atomic E-state index is 11.7. The molecular weight excluding hydrogens is 304 g/mol. The minimum absolute atomic E-state index is 0.0612. The molecule has 3 aromatic rings. The maximum Gasteiger partial charge on any atom is 0.316 e. The number of esters is 1. The fraction of sp³-hybridized carbons (Fsp3) is 0.143. The zero-order valence-electron chi connectivity index (χ0n) is 11.4. The highest BCUT2D eigenvalue weighted by atomic mass is 32.2. The highest BCUT2D eigenvalue weighted by Gasteiger charge is 2.09. The SMILES string of the molecule is O=C(CSc1nc2nc[nH]c2c(=O)[nH]1)OCc1ccccc1. The topological polar surface area (TPSA) is 101 Å². The molecular formula is C14H12N4O3S. The first kappa shape index (κ1) is 14.3. The van der Waals surface area contributed by atoms with Crippen LogP contribution >= 0.6 is 11.8 Å². The lowest BCUT2D eigenvalue weighted by molar-refractivity contribution is -0.141. The number of hydrogen-bond donors (Lipinski definition) is 2. The Kier molecular flexibility index (Phi) is 4.19. The number of carbonyl (C=O) groups is 1. The van der Waals surface area contributed by atoms with Crippen LogP contribution in [0, 0.1) is 0 Å². The molecule has 0 aliphatic heterocycles. The Morgan fingerprint density at radius 1 is 1.27 bits per heavy atom. The number of aromatic nitrogens is 4. The molecule has 0 spiro atoms. The summed E-state index contributed by atoms with van der Waals surface area (Å²) in [6, 6.07) is 9.42. The van der Waals surface area contributed by atoms with Gasteiger partial charge in [0.15, 0.2) is 16.3 Å². The summed E-state index contributed by atoms with van der Waals surface area (Å²) in [6.07, 6.45) is 1.40. The maximum atomic E-state index is 11.7. The van der Waals surface area contributed by atoms with Gasteiger partial charge in [-0.05, 0) is 5.56 Å². The van der Waals surface area contributed by atoms with Gasteiger partial charge in [-0.1, -0.05) is 42.1 Å². The highest BCUT2D eigenvalue weighted by molar-refractivity contribution is 7.99. The second-order valence-corrected chi connectivity index (χ2v) is 5.37. The summed E-state index contributed by atoms with van der Waals surface area (Å²) >= 11 is 1.10. The van der Waals surface area contributed by atoms with E-state index in [4.69, 9.17) is 4.74 Å². The van der Waals surface area contributed by atoms with Crippen LogP contribution in [0.1, 0.15) is 5.56 Å². The van der Waals surface area contributed by atoms with Gasteiger partial charge in [-0.25, -0.2) is 9.97 Å². The molecule has 0 bridgehead atoms. The molecule has 0 amide bonds. The number of hydrogen-bond acceptors (Lipinski definition) is 6. The summed E-state index contributed by atoms with van der Waals surface area (Å²) in [4.78, 5) is 36.8. The van der Waals surface area contributed by atoms with Gasteiger partial charge < -0.3 is 9.72 Å². The Bertz CT molecular complexity index is 844. The van der Waals surface area contributed by atoms with Crippen molar-refractivity contribution in [3.63, 3.8) is 0 Å². The van der Waals surface area contributed by atoms with Crippen LogP contribution in [0.15, 0.2) is 46.6 Å². The number of nitrogens with zero attached hydrogens (tertiary/aromatic N) is 2. The van der Waals surface area contributed by atoms with Crippen LogP contribution in [-0.2, 0) is 16.1 Å². The molecule has 2 aromatic heterocycles. The van der Waals surface area contributed by atoms with Crippen molar-refractivity contribution in [1.82, 2.24) is 19.9 Å². The molecule has 2 heterocycles. The average Bonchev–Trinajstić information content (AvgIpc) is 3.01. The molecule has 0 atom stereocenters. The molecule has 7 nitrogen and oxygen atoms in total. The number of thioether (sulfide) groups is 1. The summed E-state index contributed by atoms with van der Waals surface area (Å²) in [5, 5.41) is 0.335. The number of aromatic amines is 2. The zero-order chi connectivity index (χ0) is 15.4. The van der Waals surface area contributed by atoms with Gasteiger partial charge in [0.25, 0.3) is 5.56 Å². The third-order valence-corrected chi connectivity index (χ3v) is 3.69. The molecule has 0 radical (unpaired) electrons. The number of ether oxygens (including phenoxy) is 1. The van der Waals surface area contributed by atoms with Crippen LogP contribution in [0.25, 0.3) is 11.2 Å². The first-order valence-electron chi connectivity index (χ1n) is 6.48. The quantitative estimate of drug-likeness (QED) is 0.420. The Hall–Kier alpha value is -2.61.